The van der Waals surface area contributed by atoms with Gasteiger partial charge in [0, 0.05) is 12.1 Å². The molecule has 0 saturated carbocycles. The quantitative estimate of drug-likeness (QED) is 0.802. The summed E-state index contributed by atoms with van der Waals surface area (Å²) in [7, 11) is 0. The minimum absolute atomic E-state index is 0.151. The highest BCUT2D eigenvalue weighted by molar-refractivity contribution is 5.91. The largest absolute Gasteiger partial charge is 0.459 e. The minimum atomic E-state index is -0.305. The Kier molecular flexibility index (Phi) is 3.60. The Balaban J connectivity index is 1.59. The summed E-state index contributed by atoms with van der Waals surface area (Å²) in [5.41, 5.74) is 0.723. The fourth-order valence-corrected chi connectivity index (χ4v) is 2.99. The molecule has 1 saturated heterocycles. The van der Waals surface area contributed by atoms with Gasteiger partial charge >= 0.3 is 0 Å². The monoisotopic (exact) mass is 326 g/mol. The van der Waals surface area contributed by atoms with Gasteiger partial charge in [-0.25, -0.2) is 9.37 Å². The van der Waals surface area contributed by atoms with Crippen LogP contribution in [0, 0.1) is 5.82 Å². The number of aromatic nitrogens is 3. The van der Waals surface area contributed by atoms with Crippen molar-refractivity contribution >= 4 is 5.91 Å². The van der Waals surface area contributed by atoms with Crippen molar-refractivity contribution in [3.8, 4) is 11.4 Å². The van der Waals surface area contributed by atoms with Crippen molar-refractivity contribution in [3.63, 3.8) is 0 Å². The summed E-state index contributed by atoms with van der Waals surface area (Å²) in [4.78, 5) is 18.8. The topological polar surface area (TPSA) is 75.0 Å². The van der Waals surface area contributed by atoms with Crippen LogP contribution in [-0.4, -0.2) is 32.5 Å². The Morgan fingerprint density at radius 2 is 2.12 bits per heavy atom. The number of nitrogens with one attached hydrogen (secondary N) is 1. The van der Waals surface area contributed by atoms with E-state index in [1.165, 1.54) is 18.4 Å². The summed E-state index contributed by atoms with van der Waals surface area (Å²) >= 11 is 0. The van der Waals surface area contributed by atoms with Crippen molar-refractivity contribution in [2.75, 3.05) is 6.54 Å². The molecule has 0 bridgehead atoms. The molecule has 1 aliphatic heterocycles. The van der Waals surface area contributed by atoms with E-state index in [9.17, 15) is 9.18 Å². The number of carbonyl (C=O) groups is 1. The molecule has 0 spiro atoms. The van der Waals surface area contributed by atoms with E-state index in [0.717, 1.165) is 18.4 Å². The van der Waals surface area contributed by atoms with Gasteiger partial charge in [-0.1, -0.05) is 0 Å². The first-order valence-corrected chi connectivity index (χ1v) is 7.75. The number of halogens is 1. The van der Waals surface area contributed by atoms with E-state index >= 15 is 0 Å². The third kappa shape index (κ3) is 2.58. The number of furan rings is 1. The smallest absolute Gasteiger partial charge is 0.290 e. The highest BCUT2D eigenvalue weighted by Gasteiger charge is 2.34. The number of likely N-dealkylation sites (tertiary alicyclic amines) is 1. The second-order valence-corrected chi connectivity index (χ2v) is 5.69. The molecule has 2 aromatic heterocycles. The Morgan fingerprint density at radius 1 is 1.29 bits per heavy atom. The highest BCUT2D eigenvalue weighted by atomic mass is 19.1. The molecule has 122 valence electrons. The number of nitrogens with zero attached hydrogens (tertiary/aromatic N) is 3. The fourth-order valence-electron chi connectivity index (χ4n) is 2.99. The molecule has 6 nitrogen and oxygen atoms in total. The molecular formula is C17H15FN4O2. The van der Waals surface area contributed by atoms with E-state index in [-0.39, 0.29) is 17.8 Å². The number of rotatable bonds is 3. The summed E-state index contributed by atoms with van der Waals surface area (Å²) in [6, 6.07) is 9.18. The van der Waals surface area contributed by atoms with Gasteiger partial charge in [0.2, 0.25) is 0 Å². The predicted octanol–water partition coefficient (Wildman–Crippen LogP) is 3.18. The van der Waals surface area contributed by atoms with E-state index in [4.69, 9.17) is 4.42 Å². The molecule has 1 atom stereocenters. The van der Waals surface area contributed by atoms with Crippen molar-refractivity contribution in [3.05, 3.63) is 60.1 Å². The summed E-state index contributed by atoms with van der Waals surface area (Å²) < 4.78 is 18.2. The Bertz CT molecular complexity index is 842. The van der Waals surface area contributed by atoms with Crippen molar-refractivity contribution in [1.82, 2.24) is 20.1 Å². The van der Waals surface area contributed by atoms with Crippen LogP contribution in [0.5, 0.6) is 0 Å². The maximum Gasteiger partial charge on any atom is 0.290 e. The van der Waals surface area contributed by atoms with Crippen LogP contribution in [0.25, 0.3) is 11.4 Å². The van der Waals surface area contributed by atoms with Crippen molar-refractivity contribution in [2.24, 2.45) is 0 Å². The van der Waals surface area contributed by atoms with E-state index in [0.29, 0.717) is 24.0 Å². The predicted molar refractivity (Wildman–Crippen MR) is 83.5 cm³/mol. The molecule has 0 aliphatic carbocycles. The number of hydrogen-bond donors (Lipinski definition) is 1. The lowest BCUT2D eigenvalue weighted by Crippen LogP contribution is -2.30. The number of hydrogen-bond acceptors (Lipinski definition) is 4. The average Bonchev–Trinajstić information content (AvgIpc) is 3.34. The van der Waals surface area contributed by atoms with Crippen LogP contribution in [0.15, 0.2) is 47.1 Å². The lowest BCUT2D eigenvalue weighted by atomic mass is 10.2. The molecule has 3 heterocycles. The second kappa shape index (κ2) is 5.92. The molecule has 7 heteroatoms. The summed E-state index contributed by atoms with van der Waals surface area (Å²) in [6.07, 6.45) is 3.19. The first kappa shape index (κ1) is 14.6. The molecule has 1 fully saturated rings. The molecule has 1 unspecified atom stereocenters. The van der Waals surface area contributed by atoms with Gasteiger partial charge in [-0.3, -0.25) is 9.89 Å². The third-order valence-corrected chi connectivity index (χ3v) is 4.17. The van der Waals surface area contributed by atoms with Gasteiger partial charge in [0.25, 0.3) is 5.91 Å². The molecule has 24 heavy (non-hydrogen) atoms. The molecule has 1 aliphatic rings. The zero-order valence-corrected chi connectivity index (χ0v) is 12.8. The Labute approximate surface area is 137 Å². The van der Waals surface area contributed by atoms with Crippen LogP contribution in [0.2, 0.25) is 0 Å². The van der Waals surface area contributed by atoms with Crippen LogP contribution in [-0.2, 0) is 0 Å². The highest BCUT2D eigenvalue weighted by Crippen LogP contribution is 2.32. The Morgan fingerprint density at radius 3 is 2.88 bits per heavy atom. The standard InChI is InChI=1S/C17H15FN4O2/c18-12-7-5-11(6-8-12)15-19-16(21-20-15)13-3-1-9-22(13)17(23)14-4-2-10-24-14/h2,4-8,10,13H,1,3,9H2,(H,19,20,21). The molecule has 4 rings (SSSR count). The molecule has 3 aromatic rings. The molecule has 1 aromatic carbocycles. The van der Waals surface area contributed by atoms with Crippen molar-refractivity contribution in [2.45, 2.75) is 18.9 Å². The summed E-state index contributed by atoms with van der Waals surface area (Å²) in [5.74, 6) is 0.983. The first-order chi connectivity index (χ1) is 11.7. The third-order valence-electron chi connectivity index (χ3n) is 4.17. The zero-order valence-electron chi connectivity index (χ0n) is 12.8. The van der Waals surface area contributed by atoms with E-state index in [1.54, 1.807) is 29.2 Å². The van der Waals surface area contributed by atoms with Crippen LogP contribution < -0.4 is 0 Å². The van der Waals surface area contributed by atoms with Gasteiger partial charge in [0.15, 0.2) is 11.6 Å². The van der Waals surface area contributed by atoms with E-state index in [2.05, 4.69) is 15.2 Å². The minimum Gasteiger partial charge on any atom is -0.459 e. The van der Waals surface area contributed by atoms with Gasteiger partial charge in [-0.15, -0.1) is 0 Å². The number of aromatic amines is 1. The summed E-state index contributed by atoms with van der Waals surface area (Å²) in [5, 5.41) is 7.11. The Hall–Kier alpha value is -2.96. The lowest BCUT2D eigenvalue weighted by Gasteiger charge is -2.21. The van der Waals surface area contributed by atoms with Gasteiger partial charge in [0.05, 0.1) is 12.3 Å². The van der Waals surface area contributed by atoms with Crippen molar-refractivity contribution < 1.29 is 13.6 Å². The second-order valence-electron chi connectivity index (χ2n) is 5.69. The van der Waals surface area contributed by atoms with Crippen molar-refractivity contribution in [1.29, 1.82) is 0 Å². The fraction of sp³-hybridized carbons (Fsp3) is 0.235. The maximum atomic E-state index is 13.0. The van der Waals surface area contributed by atoms with Gasteiger partial charge < -0.3 is 9.32 Å². The normalized spacial score (nSPS) is 17.4. The van der Waals surface area contributed by atoms with Gasteiger partial charge in [-0.2, -0.15) is 5.10 Å². The molecule has 1 N–H and O–H groups in total. The number of amides is 1. The SMILES string of the molecule is O=C(c1ccco1)N1CCCC1c1nc(-c2ccc(F)cc2)n[nH]1. The van der Waals surface area contributed by atoms with Gasteiger partial charge in [-0.05, 0) is 49.2 Å². The van der Waals surface area contributed by atoms with Gasteiger partial charge in [0.1, 0.15) is 11.6 Å². The molecular weight excluding hydrogens is 311 g/mol. The summed E-state index contributed by atoms with van der Waals surface area (Å²) in [6.45, 7) is 0.650. The zero-order chi connectivity index (χ0) is 16.5. The van der Waals surface area contributed by atoms with E-state index < -0.39 is 0 Å². The first-order valence-electron chi connectivity index (χ1n) is 7.75. The van der Waals surface area contributed by atoms with Crippen LogP contribution in [0.4, 0.5) is 4.39 Å². The van der Waals surface area contributed by atoms with Crippen LogP contribution >= 0.6 is 0 Å². The number of benzene rings is 1. The van der Waals surface area contributed by atoms with E-state index in [1.807, 2.05) is 0 Å². The average molecular weight is 326 g/mol. The van der Waals surface area contributed by atoms with Crippen LogP contribution in [0.3, 0.4) is 0 Å². The number of H-pyrrole nitrogens is 1. The molecule has 0 radical (unpaired) electrons. The number of carbonyl (C=O) groups excluding carboxylic acids is 1. The maximum absolute atomic E-state index is 13.0. The lowest BCUT2D eigenvalue weighted by molar-refractivity contribution is 0.0697. The molecule has 1 amide bonds. The van der Waals surface area contributed by atoms with Crippen LogP contribution in [0.1, 0.15) is 35.3 Å².